The molecule has 0 heterocycles. The quantitative estimate of drug-likeness (QED) is 0.698. The van der Waals surface area contributed by atoms with Crippen LogP contribution < -0.4 is 0 Å². The van der Waals surface area contributed by atoms with E-state index >= 15 is 0 Å². The molecule has 0 unspecified atom stereocenters. The minimum absolute atomic E-state index is 1.25. The molecule has 0 saturated heterocycles. The van der Waals surface area contributed by atoms with Crippen molar-refractivity contribution in [3.8, 4) is 0 Å². The molecule has 0 atom stereocenters. The third kappa shape index (κ3) is 1.61. The molecule has 0 saturated carbocycles. The highest BCUT2D eigenvalue weighted by molar-refractivity contribution is 5.70. The average molecular weight is 211 g/mol. The van der Waals surface area contributed by atoms with Crippen molar-refractivity contribution in [3.05, 3.63) is 46.4 Å². The van der Waals surface area contributed by atoms with Gasteiger partial charge in [0.25, 0.3) is 0 Å². The SMILES string of the molecule is CCCC[C]1C=Cc2cc3c(cc21)CCC3. The second-order valence-corrected chi connectivity index (χ2v) is 5.02. The van der Waals surface area contributed by atoms with E-state index in [9.17, 15) is 0 Å². The highest BCUT2D eigenvalue weighted by Gasteiger charge is 2.21. The Bertz CT molecular complexity index is 426. The first kappa shape index (κ1) is 10.1. The lowest BCUT2D eigenvalue weighted by molar-refractivity contribution is 0.764. The van der Waals surface area contributed by atoms with E-state index in [0.717, 1.165) is 0 Å². The predicted molar refractivity (Wildman–Crippen MR) is 69.4 cm³/mol. The summed E-state index contributed by atoms with van der Waals surface area (Å²) in [6.07, 6.45) is 12.4. The number of fused-ring (bicyclic) bond motifs is 2. The third-order valence-electron chi connectivity index (χ3n) is 3.87. The summed E-state index contributed by atoms with van der Waals surface area (Å²) < 4.78 is 0. The number of unbranched alkanes of at least 4 members (excludes halogenated alkanes) is 1. The van der Waals surface area contributed by atoms with Gasteiger partial charge in [0, 0.05) is 5.92 Å². The molecule has 1 radical (unpaired) electrons. The van der Waals surface area contributed by atoms with Crippen molar-refractivity contribution in [2.45, 2.75) is 45.4 Å². The summed E-state index contributed by atoms with van der Waals surface area (Å²) in [5, 5.41) is 0. The van der Waals surface area contributed by atoms with Crippen LogP contribution in [0.3, 0.4) is 0 Å². The van der Waals surface area contributed by atoms with Crippen LogP contribution in [0.15, 0.2) is 18.2 Å². The maximum atomic E-state index is 2.46. The molecule has 0 nitrogen and oxygen atoms in total. The van der Waals surface area contributed by atoms with Crippen molar-refractivity contribution in [1.82, 2.24) is 0 Å². The minimum Gasteiger partial charge on any atom is -0.0721 e. The minimum atomic E-state index is 1.25. The van der Waals surface area contributed by atoms with E-state index in [4.69, 9.17) is 0 Å². The maximum absolute atomic E-state index is 2.46. The van der Waals surface area contributed by atoms with E-state index in [0.29, 0.717) is 0 Å². The summed E-state index contributed by atoms with van der Waals surface area (Å²) in [4.78, 5) is 0. The Labute approximate surface area is 98.4 Å². The van der Waals surface area contributed by atoms with E-state index in [-0.39, 0.29) is 0 Å². The van der Waals surface area contributed by atoms with Gasteiger partial charge in [0.05, 0.1) is 0 Å². The zero-order valence-electron chi connectivity index (χ0n) is 10.1. The molecule has 0 aromatic heterocycles. The summed E-state index contributed by atoms with van der Waals surface area (Å²) in [5.74, 6) is 1.56. The first-order valence-corrected chi connectivity index (χ1v) is 6.58. The summed E-state index contributed by atoms with van der Waals surface area (Å²) in [7, 11) is 0. The van der Waals surface area contributed by atoms with Crippen LogP contribution in [-0.4, -0.2) is 0 Å². The molecule has 0 heteroatoms. The summed E-state index contributed by atoms with van der Waals surface area (Å²) in [6, 6.07) is 4.88. The van der Waals surface area contributed by atoms with E-state index in [1.54, 1.807) is 17.0 Å². The van der Waals surface area contributed by atoms with Crippen molar-refractivity contribution in [3.63, 3.8) is 0 Å². The van der Waals surface area contributed by atoms with Gasteiger partial charge in [-0.15, -0.1) is 0 Å². The Morgan fingerprint density at radius 2 is 1.88 bits per heavy atom. The Hall–Kier alpha value is -1.04. The van der Waals surface area contributed by atoms with Gasteiger partial charge in [-0.2, -0.15) is 0 Å². The Balaban J connectivity index is 1.90. The van der Waals surface area contributed by atoms with Crippen molar-refractivity contribution in [2.24, 2.45) is 0 Å². The molecule has 2 aliphatic carbocycles. The zero-order valence-corrected chi connectivity index (χ0v) is 10.1. The van der Waals surface area contributed by atoms with Gasteiger partial charge in [-0.05, 0) is 47.9 Å². The Morgan fingerprint density at radius 3 is 2.69 bits per heavy atom. The number of benzene rings is 1. The normalized spacial score (nSPS) is 17.8. The fourth-order valence-electron chi connectivity index (χ4n) is 2.92. The smallest absolute Gasteiger partial charge is 0.0273 e. The lowest BCUT2D eigenvalue weighted by atomic mass is 9.92. The molecule has 1 aromatic rings. The lowest BCUT2D eigenvalue weighted by Crippen LogP contribution is -1.96. The number of allylic oxidation sites excluding steroid dienone is 1. The summed E-state index contributed by atoms with van der Waals surface area (Å²) in [6.45, 7) is 2.27. The lowest BCUT2D eigenvalue weighted by Gasteiger charge is -2.11. The molecule has 0 spiro atoms. The van der Waals surface area contributed by atoms with Crippen molar-refractivity contribution >= 4 is 6.08 Å². The first-order chi connectivity index (χ1) is 7.88. The van der Waals surface area contributed by atoms with E-state index in [2.05, 4.69) is 31.2 Å². The molecular weight excluding hydrogens is 192 g/mol. The average Bonchev–Trinajstić information content (AvgIpc) is 2.89. The number of hydrogen-bond donors (Lipinski definition) is 0. The van der Waals surface area contributed by atoms with Crippen molar-refractivity contribution in [1.29, 1.82) is 0 Å². The molecule has 0 amide bonds. The van der Waals surface area contributed by atoms with Crippen LogP contribution in [0, 0.1) is 5.92 Å². The number of aryl methyl sites for hydroxylation is 2. The topological polar surface area (TPSA) is 0 Å². The van der Waals surface area contributed by atoms with E-state index < -0.39 is 0 Å². The first-order valence-electron chi connectivity index (χ1n) is 6.58. The van der Waals surface area contributed by atoms with Gasteiger partial charge in [0.15, 0.2) is 0 Å². The van der Waals surface area contributed by atoms with E-state index in [1.165, 1.54) is 49.7 Å². The number of rotatable bonds is 3. The molecule has 0 N–H and O–H groups in total. The molecule has 16 heavy (non-hydrogen) atoms. The van der Waals surface area contributed by atoms with Gasteiger partial charge in [-0.1, -0.05) is 44.1 Å². The predicted octanol–water partition coefficient (Wildman–Crippen LogP) is 4.31. The van der Waals surface area contributed by atoms with Gasteiger partial charge >= 0.3 is 0 Å². The van der Waals surface area contributed by atoms with Crippen LogP contribution in [0.2, 0.25) is 0 Å². The van der Waals surface area contributed by atoms with Crippen LogP contribution in [0.1, 0.15) is 54.9 Å². The van der Waals surface area contributed by atoms with Crippen LogP contribution in [0.4, 0.5) is 0 Å². The number of hydrogen-bond acceptors (Lipinski definition) is 0. The Kier molecular flexibility index (Phi) is 2.59. The fourth-order valence-corrected chi connectivity index (χ4v) is 2.92. The molecule has 83 valence electrons. The van der Waals surface area contributed by atoms with Crippen LogP contribution in [0.5, 0.6) is 0 Å². The third-order valence-corrected chi connectivity index (χ3v) is 3.87. The maximum Gasteiger partial charge on any atom is 0.0273 e. The standard InChI is InChI=1S/C16H19/c1-2-3-5-12-8-9-15-10-13-6-4-7-14(13)11-16(12)15/h8-11H,2-7H2,1H3. The second-order valence-electron chi connectivity index (χ2n) is 5.02. The van der Waals surface area contributed by atoms with Gasteiger partial charge in [0.1, 0.15) is 0 Å². The Morgan fingerprint density at radius 1 is 1.06 bits per heavy atom. The van der Waals surface area contributed by atoms with E-state index in [1.807, 2.05) is 0 Å². The molecule has 1 aromatic carbocycles. The van der Waals surface area contributed by atoms with Crippen molar-refractivity contribution in [2.75, 3.05) is 0 Å². The highest BCUT2D eigenvalue weighted by atomic mass is 14.3. The molecule has 0 bridgehead atoms. The van der Waals surface area contributed by atoms with Crippen LogP contribution in [0.25, 0.3) is 6.08 Å². The van der Waals surface area contributed by atoms with Gasteiger partial charge < -0.3 is 0 Å². The monoisotopic (exact) mass is 211 g/mol. The summed E-state index contributed by atoms with van der Waals surface area (Å²) in [5.41, 5.74) is 6.19. The summed E-state index contributed by atoms with van der Waals surface area (Å²) >= 11 is 0. The molecule has 2 aliphatic rings. The van der Waals surface area contributed by atoms with Gasteiger partial charge in [0.2, 0.25) is 0 Å². The van der Waals surface area contributed by atoms with Crippen LogP contribution >= 0.6 is 0 Å². The molecule has 0 fully saturated rings. The fraction of sp³-hybridized carbons (Fsp3) is 0.438. The molecule has 3 rings (SSSR count). The van der Waals surface area contributed by atoms with Gasteiger partial charge in [-0.25, -0.2) is 0 Å². The second kappa shape index (κ2) is 4.08. The molecular formula is C16H19. The van der Waals surface area contributed by atoms with Crippen molar-refractivity contribution < 1.29 is 0 Å². The van der Waals surface area contributed by atoms with Crippen LogP contribution in [-0.2, 0) is 12.8 Å². The largest absolute Gasteiger partial charge is 0.0721 e. The highest BCUT2D eigenvalue weighted by Crippen LogP contribution is 2.36. The van der Waals surface area contributed by atoms with Gasteiger partial charge in [-0.3, -0.25) is 0 Å². The zero-order chi connectivity index (χ0) is 11.0. The molecule has 0 aliphatic heterocycles.